The molecular formula is C13H23N3O2. The largest absolute Gasteiger partial charge is 0.341 e. The van der Waals surface area contributed by atoms with Gasteiger partial charge in [0.15, 0.2) is 0 Å². The number of nitrogens with two attached hydrogens (primary N) is 1. The topological polar surface area (TPSA) is 66.6 Å². The van der Waals surface area contributed by atoms with Crippen molar-refractivity contribution < 1.29 is 9.59 Å². The summed E-state index contributed by atoms with van der Waals surface area (Å²) in [5, 5.41) is 0. The van der Waals surface area contributed by atoms with E-state index in [1.165, 1.54) is 0 Å². The van der Waals surface area contributed by atoms with Crippen molar-refractivity contribution in [2.24, 2.45) is 11.7 Å². The molecule has 1 aliphatic heterocycles. The lowest BCUT2D eigenvalue weighted by atomic mass is 10.0. The first-order valence-corrected chi connectivity index (χ1v) is 6.88. The zero-order valence-corrected chi connectivity index (χ0v) is 11.1. The van der Waals surface area contributed by atoms with Crippen LogP contribution in [0.3, 0.4) is 0 Å². The van der Waals surface area contributed by atoms with E-state index in [0.717, 1.165) is 45.2 Å². The van der Waals surface area contributed by atoms with E-state index in [2.05, 4.69) is 0 Å². The maximum Gasteiger partial charge on any atom is 0.242 e. The Bertz CT molecular complexity index is 326. The van der Waals surface area contributed by atoms with Crippen molar-refractivity contribution in [1.82, 2.24) is 9.80 Å². The van der Waals surface area contributed by atoms with Crippen LogP contribution in [0.4, 0.5) is 0 Å². The molecule has 2 atom stereocenters. The number of hydrogen-bond donors (Lipinski definition) is 1. The van der Waals surface area contributed by atoms with E-state index >= 15 is 0 Å². The second-order valence-corrected chi connectivity index (χ2v) is 5.48. The molecule has 0 aromatic heterocycles. The van der Waals surface area contributed by atoms with Crippen molar-refractivity contribution in [3.8, 4) is 0 Å². The number of carbonyl (C=O) groups is 2. The smallest absolute Gasteiger partial charge is 0.242 e. The lowest BCUT2D eigenvalue weighted by molar-refractivity contribution is -0.141. The Morgan fingerprint density at radius 3 is 2.44 bits per heavy atom. The molecule has 0 radical (unpaired) electrons. The van der Waals surface area contributed by atoms with Gasteiger partial charge in [-0.2, -0.15) is 0 Å². The molecule has 0 aromatic rings. The van der Waals surface area contributed by atoms with E-state index in [1.54, 1.807) is 11.9 Å². The molecule has 0 aromatic carbocycles. The molecule has 1 aliphatic carbocycles. The normalized spacial score (nSPS) is 27.6. The second kappa shape index (κ2) is 5.69. The van der Waals surface area contributed by atoms with Gasteiger partial charge in [-0.3, -0.25) is 9.59 Å². The zero-order valence-electron chi connectivity index (χ0n) is 11.1. The highest BCUT2D eigenvalue weighted by Gasteiger charge is 2.33. The SMILES string of the molecule is CN(CC(=O)N1CCCC1)C(=O)C1CCCC1N. The summed E-state index contributed by atoms with van der Waals surface area (Å²) in [7, 11) is 1.71. The summed E-state index contributed by atoms with van der Waals surface area (Å²) in [5.74, 6) is 0.0174. The molecule has 1 saturated heterocycles. The molecule has 18 heavy (non-hydrogen) atoms. The van der Waals surface area contributed by atoms with Gasteiger partial charge in [0.1, 0.15) is 0 Å². The van der Waals surface area contributed by atoms with E-state index in [1.807, 2.05) is 4.90 Å². The lowest BCUT2D eigenvalue weighted by Crippen LogP contribution is -2.44. The van der Waals surface area contributed by atoms with E-state index in [4.69, 9.17) is 5.73 Å². The predicted molar refractivity (Wildman–Crippen MR) is 68.8 cm³/mol. The Balaban J connectivity index is 1.84. The van der Waals surface area contributed by atoms with Crippen LogP contribution in [0, 0.1) is 5.92 Å². The molecule has 5 nitrogen and oxygen atoms in total. The van der Waals surface area contributed by atoms with Crippen molar-refractivity contribution in [1.29, 1.82) is 0 Å². The number of carbonyl (C=O) groups excluding carboxylic acids is 2. The minimum absolute atomic E-state index is 0.0261. The lowest BCUT2D eigenvalue weighted by Gasteiger charge is -2.25. The van der Waals surface area contributed by atoms with Gasteiger partial charge in [-0.25, -0.2) is 0 Å². The van der Waals surface area contributed by atoms with Crippen LogP contribution in [0.15, 0.2) is 0 Å². The first kappa shape index (κ1) is 13.3. The molecule has 0 spiro atoms. The molecule has 2 fully saturated rings. The summed E-state index contributed by atoms with van der Waals surface area (Å²) in [4.78, 5) is 27.5. The van der Waals surface area contributed by atoms with Gasteiger partial charge in [-0.1, -0.05) is 6.42 Å². The molecule has 5 heteroatoms. The van der Waals surface area contributed by atoms with Gasteiger partial charge in [0, 0.05) is 26.2 Å². The fraction of sp³-hybridized carbons (Fsp3) is 0.846. The summed E-state index contributed by atoms with van der Waals surface area (Å²) < 4.78 is 0. The quantitative estimate of drug-likeness (QED) is 0.781. The summed E-state index contributed by atoms with van der Waals surface area (Å²) in [6, 6.07) is -0.0261. The van der Waals surface area contributed by atoms with Crippen molar-refractivity contribution >= 4 is 11.8 Å². The minimum atomic E-state index is -0.0821. The highest BCUT2D eigenvalue weighted by molar-refractivity contribution is 5.86. The van der Waals surface area contributed by atoms with Gasteiger partial charge in [-0.15, -0.1) is 0 Å². The Kier molecular flexibility index (Phi) is 4.22. The second-order valence-electron chi connectivity index (χ2n) is 5.48. The fourth-order valence-corrected chi connectivity index (χ4v) is 2.93. The highest BCUT2D eigenvalue weighted by Crippen LogP contribution is 2.25. The van der Waals surface area contributed by atoms with E-state index in [-0.39, 0.29) is 30.3 Å². The highest BCUT2D eigenvalue weighted by atomic mass is 16.2. The average molecular weight is 253 g/mol. The third-order valence-electron chi connectivity index (χ3n) is 4.09. The maximum absolute atomic E-state index is 12.2. The molecule has 102 valence electrons. The Labute approximate surface area is 108 Å². The zero-order chi connectivity index (χ0) is 13.1. The van der Waals surface area contributed by atoms with Crippen LogP contribution in [0.5, 0.6) is 0 Å². The van der Waals surface area contributed by atoms with Crippen molar-refractivity contribution in [2.75, 3.05) is 26.7 Å². The molecule has 2 rings (SSSR count). The Hall–Kier alpha value is -1.10. The summed E-state index contributed by atoms with van der Waals surface area (Å²) >= 11 is 0. The van der Waals surface area contributed by atoms with Gasteiger partial charge in [0.05, 0.1) is 12.5 Å². The van der Waals surface area contributed by atoms with Gasteiger partial charge in [0.25, 0.3) is 0 Å². The summed E-state index contributed by atoms with van der Waals surface area (Å²) in [6.07, 6.45) is 4.96. The molecular weight excluding hydrogens is 230 g/mol. The number of amides is 2. The third-order valence-corrected chi connectivity index (χ3v) is 4.09. The van der Waals surface area contributed by atoms with Crippen LogP contribution in [0.2, 0.25) is 0 Å². The van der Waals surface area contributed by atoms with Crippen LogP contribution in [-0.4, -0.2) is 54.3 Å². The van der Waals surface area contributed by atoms with Gasteiger partial charge >= 0.3 is 0 Å². The van der Waals surface area contributed by atoms with E-state index in [9.17, 15) is 9.59 Å². The van der Waals surface area contributed by atoms with Crippen LogP contribution in [0.25, 0.3) is 0 Å². The summed E-state index contributed by atoms with van der Waals surface area (Å²) in [6.45, 7) is 1.87. The fourth-order valence-electron chi connectivity index (χ4n) is 2.93. The molecule has 0 bridgehead atoms. The van der Waals surface area contributed by atoms with Gasteiger partial charge in [0.2, 0.25) is 11.8 Å². The number of hydrogen-bond acceptors (Lipinski definition) is 3. The van der Waals surface area contributed by atoms with Crippen LogP contribution in [0.1, 0.15) is 32.1 Å². The standard InChI is InChI=1S/C13H23N3O2/c1-15(9-12(17)16-7-2-3-8-16)13(18)10-5-4-6-11(10)14/h10-11H,2-9,14H2,1H3. The minimum Gasteiger partial charge on any atom is -0.341 e. The Morgan fingerprint density at radius 1 is 1.22 bits per heavy atom. The molecule has 2 amide bonds. The third kappa shape index (κ3) is 2.83. The van der Waals surface area contributed by atoms with Crippen LogP contribution in [-0.2, 0) is 9.59 Å². The molecule has 1 heterocycles. The maximum atomic E-state index is 12.2. The summed E-state index contributed by atoms with van der Waals surface area (Å²) in [5.41, 5.74) is 5.93. The van der Waals surface area contributed by atoms with Gasteiger partial charge in [-0.05, 0) is 25.7 Å². The first-order valence-electron chi connectivity index (χ1n) is 6.88. The van der Waals surface area contributed by atoms with Crippen LogP contribution < -0.4 is 5.73 Å². The molecule has 2 unspecified atom stereocenters. The van der Waals surface area contributed by atoms with Gasteiger partial charge < -0.3 is 15.5 Å². The monoisotopic (exact) mass is 253 g/mol. The number of likely N-dealkylation sites (N-methyl/N-ethyl adjacent to an activating group) is 1. The van der Waals surface area contributed by atoms with Crippen LogP contribution >= 0.6 is 0 Å². The molecule has 2 aliphatic rings. The molecule has 1 saturated carbocycles. The first-order chi connectivity index (χ1) is 8.59. The van der Waals surface area contributed by atoms with Crippen molar-refractivity contribution in [3.05, 3.63) is 0 Å². The molecule has 2 N–H and O–H groups in total. The predicted octanol–water partition coefficient (Wildman–Crippen LogP) is 0.195. The van der Waals surface area contributed by atoms with E-state index in [0.29, 0.717) is 0 Å². The number of likely N-dealkylation sites (tertiary alicyclic amines) is 1. The average Bonchev–Trinajstić information content (AvgIpc) is 2.98. The Morgan fingerprint density at radius 2 is 1.89 bits per heavy atom. The number of nitrogens with zero attached hydrogens (tertiary/aromatic N) is 2. The van der Waals surface area contributed by atoms with E-state index < -0.39 is 0 Å². The van der Waals surface area contributed by atoms with Crippen molar-refractivity contribution in [2.45, 2.75) is 38.1 Å². The number of rotatable bonds is 3. The van der Waals surface area contributed by atoms with Crippen molar-refractivity contribution in [3.63, 3.8) is 0 Å².